The van der Waals surface area contributed by atoms with E-state index >= 15 is 0 Å². The van der Waals surface area contributed by atoms with Crippen molar-refractivity contribution in [1.82, 2.24) is 5.43 Å². The second-order valence-corrected chi connectivity index (χ2v) is 6.13. The third-order valence-corrected chi connectivity index (χ3v) is 4.06. The smallest absolute Gasteiger partial charge is 0.336 e. The Morgan fingerprint density at radius 2 is 1.60 bits per heavy atom. The minimum atomic E-state index is -0.512. The van der Waals surface area contributed by atoms with Crippen LogP contribution in [0, 0.1) is 0 Å². The number of esters is 1. The molecule has 0 unspecified atom stereocenters. The molecule has 6 heteroatoms. The molecule has 6 nitrogen and oxygen atoms in total. The number of amides is 1. The third-order valence-electron chi connectivity index (χ3n) is 4.06. The van der Waals surface area contributed by atoms with Crippen molar-refractivity contribution in [3.05, 3.63) is 102 Å². The average molecular weight is 400 g/mol. The highest BCUT2D eigenvalue weighted by Crippen LogP contribution is 2.16. The molecular formula is C24H20N2O4. The first kappa shape index (κ1) is 20.5. The number of para-hydroxylation sites is 1. The molecule has 0 bridgehead atoms. The Hall–Kier alpha value is -4.19. The molecular weight excluding hydrogens is 380 g/mol. The minimum absolute atomic E-state index is 0.336. The van der Waals surface area contributed by atoms with Crippen molar-refractivity contribution in [3.63, 3.8) is 0 Å². The number of hydrogen-bond acceptors (Lipinski definition) is 5. The molecule has 0 heterocycles. The Labute approximate surface area is 174 Å². The Kier molecular flexibility index (Phi) is 7.11. The van der Waals surface area contributed by atoms with Gasteiger partial charge in [-0.15, -0.1) is 0 Å². The molecule has 0 aliphatic carbocycles. The van der Waals surface area contributed by atoms with Crippen LogP contribution in [0.4, 0.5) is 0 Å². The lowest BCUT2D eigenvalue weighted by Crippen LogP contribution is -2.17. The summed E-state index contributed by atoms with van der Waals surface area (Å²) in [6.07, 6.45) is 4.45. The second-order valence-electron chi connectivity index (χ2n) is 6.13. The molecule has 3 rings (SSSR count). The molecule has 0 fully saturated rings. The van der Waals surface area contributed by atoms with E-state index in [9.17, 15) is 9.59 Å². The third kappa shape index (κ3) is 5.90. The number of hydrazone groups is 1. The average Bonchev–Trinajstić information content (AvgIpc) is 2.79. The highest BCUT2D eigenvalue weighted by Gasteiger charge is 2.07. The van der Waals surface area contributed by atoms with E-state index in [0.717, 1.165) is 5.56 Å². The molecule has 0 aromatic heterocycles. The maximum Gasteiger partial charge on any atom is 0.336 e. The van der Waals surface area contributed by atoms with Crippen LogP contribution in [0.3, 0.4) is 0 Å². The lowest BCUT2D eigenvalue weighted by molar-refractivity contribution is -0.128. The van der Waals surface area contributed by atoms with E-state index in [1.165, 1.54) is 12.3 Å². The van der Waals surface area contributed by atoms with Crippen molar-refractivity contribution in [2.24, 2.45) is 5.10 Å². The van der Waals surface area contributed by atoms with Crippen LogP contribution in [-0.4, -0.2) is 25.2 Å². The van der Waals surface area contributed by atoms with Crippen molar-refractivity contribution in [2.45, 2.75) is 0 Å². The predicted molar refractivity (Wildman–Crippen MR) is 116 cm³/mol. The van der Waals surface area contributed by atoms with Gasteiger partial charge in [0.05, 0.1) is 13.3 Å². The maximum atomic E-state index is 12.2. The SMILES string of the molecule is COc1ccc(C(=O)N/N=C/c2ccccc2OC(=O)/C=C/c2ccccc2)cc1. The van der Waals surface area contributed by atoms with Gasteiger partial charge in [0.1, 0.15) is 11.5 Å². The molecule has 0 saturated heterocycles. The van der Waals surface area contributed by atoms with Gasteiger partial charge in [0.2, 0.25) is 0 Å². The predicted octanol–water partition coefficient (Wildman–Crippen LogP) is 4.08. The van der Waals surface area contributed by atoms with E-state index < -0.39 is 5.97 Å². The molecule has 0 atom stereocenters. The summed E-state index contributed by atoms with van der Waals surface area (Å²) in [4.78, 5) is 24.3. The molecule has 0 saturated carbocycles. The van der Waals surface area contributed by atoms with E-state index in [4.69, 9.17) is 9.47 Å². The maximum absolute atomic E-state index is 12.2. The van der Waals surface area contributed by atoms with Gasteiger partial charge in [0.25, 0.3) is 5.91 Å². The van der Waals surface area contributed by atoms with Gasteiger partial charge in [-0.3, -0.25) is 4.79 Å². The summed E-state index contributed by atoms with van der Waals surface area (Å²) < 4.78 is 10.5. The highest BCUT2D eigenvalue weighted by molar-refractivity contribution is 5.95. The Morgan fingerprint density at radius 1 is 0.900 bits per heavy atom. The van der Waals surface area contributed by atoms with Crippen LogP contribution >= 0.6 is 0 Å². The summed E-state index contributed by atoms with van der Waals surface area (Å²) in [7, 11) is 1.56. The highest BCUT2D eigenvalue weighted by atomic mass is 16.5. The largest absolute Gasteiger partial charge is 0.497 e. The van der Waals surface area contributed by atoms with Crippen LogP contribution in [0.15, 0.2) is 90.0 Å². The van der Waals surface area contributed by atoms with Crippen molar-refractivity contribution < 1.29 is 19.1 Å². The van der Waals surface area contributed by atoms with Gasteiger partial charge >= 0.3 is 5.97 Å². The number of rotatable bonds is 7. The van der Waals surface area contributed by atoms with Crippen molar-refractivity contribution >= 4 is 24.2 Å². The first-order valence-corrected chi connectivity index (χ1v) is 9.17. The van der Waals surface area contributed by atoms with Gasteiger partial charge in [-0.1, -0.05) is 42.5 Å². The molecule has 3 aromatic carbocycles. The monoisotopic (exact) mass is 400 g/mol. The molecule has 1 N–H and O–H groups in total. The van der Waals surface area contributed by atoms with E-state index in [-0.39, 0.29) is 5.91 Å². The Bertz CT molecular complexity index is 1060. The zero-order valence-corrected chi connectivity index (χ0v) is 16.3. The normalized spacial score (nSPS) is 10.8. The number of carbonyl (C=O) groups excluding carboxylic acids is 2. The Morgan fingerprint density at radius 3 is 2.33 bits per heavy atom. The van der Waals surface area contributed by atoms with E-state index in [0.29, 0.717) is 22.6 Å². The van der Waals surface area contributed by atoms with Crippen molar-refractivity contribution in [2.75, 3.05) is 7.11 Å². The lowest BCUT2D eigenvalue weighted by atomic mass is 10.2. The lowest BCUT2D eigenvalue weighted by Gasteiger charge is -2.05. The summed E-state index contributed by atoms with van der Waals surface area (Å²) in [5.41, 5.74) is 4.33. The van der Waals surface area contributed by atoms with Crippen LogP contribution in [0.25, 0.3) is 6.08 Å². The molecule has 0 radical (unpaired) electrons. The topological polar surface area (TPSA) is 77.0 Å². The van der Waals surface area contributed by atoms with Crippen LogP contribution < -0.4 is 14.9 Å². The van der Waals surface area contributed by atoms with Gasteiger partial charge < -0.3 is 9.47 Å². The molecule has 1 amide bonds. The van der Waals surface area contributed by atoms with Gasteiger partial charge in [0, 0.05) is 17.2 Å². The Balaban J connectivity index is 1.62. The zero-order chi connectivity index (χ0) is 21.2. The fourth-order valence-corrected chi connectivity index (χ4v) is 2.52. The molecule has 0 aliphatic heterocycles. The first-order chi connectivity index (χ1) is 14.7. The minimum Gasteiger partial charge on any atom is -0.497 e. The standard InChI is InChI=1S/C24H20N2O4/c1-29-21-14-12-19(13-15-21)24(28)26-25-17-20-9-5-6-10-22(20)30-23(27)16-11-18-7-3-2-4-8-18/h2-17H,1H3,(H,26,28)/b16-11+,25-17+. The summed E-state index contributed by atoms with van der Waals surface area (Å²) in [5, 5.41) is 3.96. The van der Waals surface area contributed by atoms with Crippen molar-refractivity contribution in [3.8, 4) is 11.5 Å². The number of carbonyl (C=O) groups is 2. The number of ether oxygens (including phenoxy) is 2. The molecule has 30 heavy (non-hydrogen) atoms. The summed E-state index contributed by atoms with van der Waals surface area (Å²) in [6, 6.07) is 23.0. The number of nitrogens with one attached hydrogen (secondary N) is 1. The van der Waals surface area contributed by atoms with Crippen LogP contribution in [-0.2, 0) is 4.79 Å². The second kappa shape index (κ2) is 10.4. The summed E-state index contributed by atoms with van der Waals surface area (Å²) in [6.45, 7) is 0. The first-order valence-electron chi connectivity index (χ1n) is 9.17. The van der Waals surface area contributed by atoms with Crippen LogP contribution in [0.1, 0.15) is 21.5 Å². The van der Waals surface area contributed by atoms with Crippen LogP contribution in [0.5, 0.6) is 11.5 Å². The number of nitrogens with zero attached hydrogens (tertiary/aromatic N) is 1. The molecule has 0 spiro atoms. The van der Waals surface area contributed by atoms with Gasteiger partial charge in [-0.25, -0.2) is 10.2 Å². The fourth-order valence-electron chi connectivity index (χ4n) is 2.52. The number of benzene rings is 3. The molecule has 150 valence electrons. The summed E-state index contributed by atoms with van der Waals surface area (Å²) in [5.74, 6) is 0.117. The molecule has 0 aliphatic rings. The van der Waals surface area contributed by atoms with Gasteiger partial charge in [-0.2, -0.15) is 5.10 Å². The fraction of sp³-hybridized carbons (Fsp3) is 0.0417. The van der Waals surface area contributed by atoms with E-state index in [1.807, 2.05) is 30.3 Å². The molecule has 3 aromatic rings. The van der Waals surface area contributed by atoms with Gasteiger partial charge in [0.15, 0.2) is 0 Å². The number of hydrogen-bond donors (Lipinski definition) is 1. The quantitative estimate of drug-likeness (QED) is 0.213. The van der Waals surface area contributed by atoms with Crippen LogP contribution in [0.2, 0.25) is 0 Å². The van der Waals surface area contributed by atoms with E-state index in [2.05, 4.69) is 10.5 Å². The number of methoxy groups -OCH3 is 1. The summed E-state index contributed by atoms with van der Waals surface area (Å²) >= 11 is 0. The van der Waals surface area contributed by atoms with Gasteiger partial charge in [-0.05, 0) is 48.0 Å². The van der Waals surface area contributed by atoms with E-state index in [1.54, 1.807) is 61.7 Å². The van der Waals surface area contributed by atoms with Crippen molar-refractivity contribution in [1.29, 1.82) is 0 Å². The zero-order valence-electron chi connectivity index (χ0n) is 16.3.